The van der Waals surface area contributed by atoms with Gasteiger partial charge in [-0.25, -0.2) is 4.79 Å². The summed E-state index contributed by atoms with van der Waals surface area (Å²) in [7, 11) is 0. The Balaban J connectivity index is 1.62. The number of hydroxylamine groups is 2. The molecule has 1 unspecified atom stereocenters. The van der Waals surface area contributed by atoms with Crippen molar-refractivity contribution in [2.75, 3.05) is 5.32 Å². The fraction of sp³-hybridized carbons (Fsp3) is 0.176. The molecule has 1 N–H and O–H groups in total. The molecule has 0 aliphatic carbocycles. The predicted octanol–water partition coefficient (Wildman–Crippen LogP) is 2.90. The van der Waals surface area contributed by atoms with Gasteiger partial charge in [-0.15, -0.1) is 5.06 Å². The molecule has 1 aliphatic rings. The molecule has 1 heterocycles. The van der Waals surface area contributed by atoms with E-state index in [0.29, 0.717) is 12.1 Å². The molecule has 0 spiro atoms. The number of non-ortho nitro benzene ring substituents is 1. The lowest BCUT2D eigenvalue weighted by atomic mass is 10.0. The maximum Gasteiger partial charge on any atom is 0.468 e. The van der Waals surface area contributed by atoms with Crippen molar-refractivity contribution < 1.29 is 19.3 Å². The Morgan fingerprint density at radius 2 is 1.80 bits per heavy atom. The zero-order valence-electron chi connectivity index (χ0n) is 13.1. The molecule has 1 saturated heterocycles. The minimum absolute atomic E-state index is 0.0527. The van der Waals surface area contributed by atoms with Crippen LogP contribution in [0, 0.1) is 10.1 Å². The van der Waals surface area contributed by atoms with Crippen LogP contribution in [0.25, 0.3) is 0 Å². The summed E-state index contributed by atoms with van der Waals surface area (Å²) < 4.78 is 0. The fourth-order valence-corrected chi connectivity index (χ4v) is 2.50. The van der Waals surface area contributed by atoms with Crippen molar-refractivity contribution in [2.45, 2.75) is 18.9 Å². The Hall–Kier alpha value is -3.42. The monoisotopic (exact) mass is 341 g/mol. The highest BCUT2D eigenvalue weighted by atomic mass is 16.9. The van der Waals surface area contributed by atoms with Gasteiger partial charge in [-0.3, -0.25) is 14.9 Å². The molecule has 1 fully saturated rings. The van der Waals surface area contributed by atoms with E-state index in [0.717, 1.165) is 5.56 Å². The van der Waals surface area contributed by atoms with Crippen molar-refractivity contribution in [3.8, 4) is 0 Å². The lowest BCUT2D eigenvalue weighted by Crippen LogP contribution is -2.28. The van der Waals surface area contributed by atoms with Gasteiger partial charge in [0.2, 0.25) is 5.91 Å². The first kappa shape index (κ1) is 16.4. The highest BCUT2D eigenvalue weighted by Gasteiger charge is 2.42. The molecule has 8 nitrogen and oxygen atoms in total. The molecular formula is C17H15N3O5. The summed E-state index contributed by atoms with van der Waals surface area (Å²) in [5.74, 6) is -0.307. The summed E-state index contributed by atoms with van der Waals surface area (Å²) in [6, 6.07) is 14.6. The number of hydrogen-bond donors (Lipinski definition) is 1. The Kier molecular flexibility index (Phi) is 4.60. The smallest absolute Gasteiger partial charge is 0.326 e. The van der Waals surface area contributed by atoms with Crippen LogP contribution < -0.4 is 5.32 Å². The lowest BCUT2D eigenvalue weighted by Gasteiger charge is -2.14. The van der Waals surface area contributed by atoms with Crippen molar-refractivity contribution in [2.24, 2.45) is 0 Å². The highest BCUT2D eigenvalue weighted by Crippen LogP contribution is 2.23. The summed E-state index contributed by atoms with van der Waals surface area (Å²) in [5, 5.41) is 14.5. The first-order valence-corrected chi connectivity index (χ1v) is 7.62. The van der Waals surface area contributed by atoms with Gasteiger partial charge in [-0.2, -0.15) is 0 Å². The molecule has 0 radical (unpaired) electrons. The molecule has 3 rings (SSSR count). The number of nitrogens with zero attached hydrogens (tertiary/aromatic N) is 2. The van der Waals surface area contributed by atoms with Crippen LogP contribution >= 0.6 is 0 Å². The zero-order valence-corrected chi connectivity index (χ0v) is 13.1. The maximum atomic E-state index is 12.2. The van der Waals surface area contributed by atoms with Crippen molar-refractivity contribution in [3.05, 3.63) is 70.3 Å². The van der Waals surface area contributed by atoms with Crippen LogP contribution in [0.3, 0.4) is 0 Å². The highest BCUT2D eigenvalue weighted by molar-refractivity contribution is 5.91. The van der Waals surface area contributed by atoms with Gasteiger partial charge in [0.15, 0.2) is 0 Å². The average Bonchev–Trinajstić information content (AvgIpc) is 3.32. The predicted molar refractivity (Wildman–Crippen MR) is 88.6 cm³/mol. The summed E-state index contributed by atoms with van der Waals surface area (Å²) in [6.07, 6.45) is 0.0850. The number of carbonyl (C=O) groups excluding carboxylic acids is 2. The minimum Gasteiger partial charge on any atom is -0.326 e. The van der Waals surface area contributed by atoms with E-state index < -0.39 is 17.1 Å². The van der Waals surface area contributed by atoms with E-state index in [9.17, 15) is 19.7 Å². The number of amides is 2. The Labute approximate surface area is 143 Å². The van der Waals surface area contributed by atoms with Crippen LogP contribution in [0.4, 0.5) is 16.2 Å². The molecule has 128 valence electrons. The van der Waals surface area contributed by atoms with Gasteiger partial charge in [0.05, 0.1) is 17.4 Å². The van der Waals surface area contributed by atoms with E-state index in [1.165, 1.54) is 29.3 Å². The number of anilines is 1. The molecule has 0 aromatic heterocycles. The second-order valence-corrected chi connectivity index (χ2v) is 5.58. The Morgan fingerprint density at radius 1 is 1.16 bits per heavy atom. The van der Waals surface area contributed by atoms with Gasteiger partial charge in [0, 0.05) is 17.8 Å². The van der Waals surface area contributed by atoms with Crippen molar-refractivity contribution in [1.29, 1.82) is 0 Å². The normalized spacial score (nSPS) is 13.8. The van der Waals surface area contributed by atoms with Gasteiger partial charge in [0.1, 0.15) is 0 Å². The summed E-state index contributed by atoms with van der Waals surface area (Å²) in [6.45, 7) is 0. The van der Waals surface area contributed by atoms with Gasteiger partial charge in [-0.1, -0.05) is 30.3 Å². The third kappa shape index (κ3) is 4.31. The van der Waals surface area contributed by atoms with E-state index in [4.69, 9.17) is 4.84 Å². The van der Waals surface area contributed by atoms with Crippen LogP contribution in [-0.2, 0) is 16.1 Å². The van der Waals surface area contributed by atoms with Crippen LogP contribution in [-0.4, -0.2) is 28.0 Å². The molecule has 8 heteroatoms. The molecule has 1 atom stereocenters. The molecule has 0 bridgehead atoms. The van der Waals surface area contributed by atoms with Gasteiger partial charge >= 0.3 is 6.09 Å². The van der Waals surface area contributed by atoms with E-state index in [1.807, 2.05) is 30.3 Å². The third-order valence-corrected chi connectivity index (χ3v) is 3.75. The lowest BCUT2D eigenvalue weighted by molar-refractivity contribution is -0.384. The maximum absolute atomic E-state index is 12.2. The molecular weight excluding hydrogens is 326 g/mol. The van der Waals surface area contributed by atoms with Gasteiger partial charge in [0.25, 0.3) is 5.69 Å². The first-order valence-electron chi connectivity index (χ1n) is 7.62. The van der Waals surface area contributed by atoms with Crippen LogP contribution in [0.2, 0.25) is 0 Å². The number of carbonyl (C=O) groups is 2. The minimum atomic E-state index is -0.509. The number of rotatable bonds is 7. The first-order chi connectivity index (χ1) is 12.0. The van der Waals surface area contributed by atoms with Crippen LogP contribution in [0.1, 0.15) is 12.0 Å². The summed E-state index contributed by atoms with van der Waals surface area (Å²) >= 11 is 0. The van der Waals surface area contributed by atoms with Crippen LogP contribution in [0.15, 0.2) is 54.6 Å². The third-order valence-electron chi connectivity index (χ3n) is 3.75. The van der Waals surface area contributed by atoms with Crippen molar-refractivity contribution >= 4 is 23.4 Å². The number of hydrogen-bond acceptors (Lipinski definition) is 5. The Bertz CT molecular complexity index is 792. The number of benzene rings is 2. The molecule has 2 amide bonds. The quantitative estimate of drug-likeness (QED) is 0.473. The standard InChI is InChI=1S/C17H15N3O5/c21-16(18-13-6-8-14(9-7-13)20(23)24)11-15(19-17(22)25-19)10-12-4-2-1-3-5-12/h1-9,15H,10-11H2,(H,18,21). The van der Waals surface area contributed by atoms with Crippen LogP contribution in [0.5, 0.6) is 0 Å². The number of nitro groups is 1. The van der Waals surface area contributed by atoms with Gasteiger partial charge < -0.3 is 10.2 Å². The van der Waals surface area contributed by atoms with E-state index in [-0.39, 0.29) is 18.0 Å². The second-order valence-electron chi connectivity index (χ2n) is 5.58. The molecule has 25 heavy (non-hydrogen) atoms. The van der Waals surface area contributed by atoms with E-state index in [1.54, 1.807) is 0 Å². The fourth-order valence-electron chi connectivity index (χ4n) is 2.50. The van der Waals surface area contributed by atoms with E-state index in [2.05, 4.69) is 5.32 Å². The summed E-state index contributed by atoms with van der Waals surface area (Å²) in [4.78, 5) is 38.4. The largest absolute Gasteiger partial charge is 0.468 e. The molecule has 2 aromatic carbocycles. The number of nitrogens with one attached hydrogen (secondary N) is 1. The Morgan fingerprint density at radius 3 is 2.36 bits per heavy atom. The molecule has 2 aromatic rings. The second kappa shape index (κ2) is 7.00. The molecule has 0 saturated carbocycles. The summed E-state index contributed by atoms with van der Waals surface area (Å²) in [5.41, 5.74) is 1.38. The van der Waals surface area contributed by atoms with Gasteiger partial charge in [-0.05, 0) is 24.1 Å². The average molecular weight is 341 g/mol. The van der Waals surface area contributed by atoms with E-state index >= 15 is 0 Å². The topological polar surface area (TPSA) is 105 Å². The van der Waals surface area contributed by atoms with Crippen molar-refractivity contribution in [1.82, 2.24) is 5.06 Å². The SMILES string of the molecule is O=C(CC(Cc1ccccc1)N1OC1=O)Nc1ccc([N+](=O)[O-])cc1. The molecule has 1 aliphatic heterocycles. The number of nitro benzene ring substituents is 1. The zero-order chi connectivity index (χ0) is 17.8. The van der Waals surface area contributed by atoms with Crippen molar-refractivity contribution in [3.63, 3.8) is 0 Å².